The summed E-state index contributed by atoms with van der Waals surface area (Å²) >= 11 is 6.16. The minimum Gasteiger partial charge on any atom is -0.454 e. The van der Waals surface area contributed by atoms with Crippen molar-refractivity contribution < 1.29 is 9.53 Å². The number of nitrogen functional groups attached to an aromatic ring is 1. The molecule has 0 aliphatic rings. The third kappa shape index (κ3) is 2.95. The van der Waals surface area contributed by atoms with Crippen LogP contribution in [-0.2, 0) is 0 Å². The van der Waals surface area contributed by atoms with Crippen LogP contribution >= 0.6 is 11.6 Å². The quantitative estimate of drug-likeness (QED) is 0.848. The highest BCUT2D eigenvalue weighted by Crippen LogP contribution is 2.38. The lowest BCUT2D eigenvalue weighted by Crippen LogP contribution is -2.13. The Morgan fingerprint density at radius 1 is 1.10 bits per heavy atom. The number of primary amides is 1. The molecule has 0 radical (unpaired) electrons. The van der Waals surface area contributed by atoms with Crippen molar-refractivity contribution in [3.05, 3.63) is 51.5 Å². The second-order valence-electron chi connectivity index (χ2n) is 5.00. The van der Waals surface area contributed by atoms with Crippen LogP contribution in [0.5, 0.6) is 11.5 Å². The molecule has 0 spiro atoms. The maximum absolute atomic E-state index is 11.6. The number of hydrogen-bond donors (Lipinski definition) is 2. The largest absolute Gasteiger partial charge is 0.454 e. The Labute approximate surface area is 128 Å². The fourth-order valence-electron chi connectivity index (χ4n) is 2.09. The Hall–Kier alpha value is -2.20. The van der Waals surface area contributed by atoms with E-state index in [9.17, 15) is 4.79 Å². The molecule has 0 bridgehead atoms. The standard InChI is InChI=1S/C16H17ClN2O2/c1-8-4-5-9(2)14(10(8)3)21-15-12(16(19)20)6-11(18)7-13(15)17/h4-7H,18H2,1-3H3,(H2,19,20). The number of carbonyl (C=O) groups excluding carboxylic acids is 1. The third-order valence-electron chi connectivity index (χ3n) is 3.41. The summed E-state index contributed by atoms with van der Waals surface area (Å²) in [6, 6.07) is 6.96. The van der Waals surface area contributed by atoms with E-state index in [1.165, 1.54) is 12.1 Å². The molecule has 4 nitrogen and oxygen atoms in total. The van der Waals surface area contributed by atoms with Crippen molar-refractivity contribution in [1.82, 2.24) is 0 Å². The van der Waals surface area contributed by atoms with Crippen molar-refractivity contribution in [3.63, 3.8) is 0 Å². The number of amides is 1. The summed E-state index contributed by atoms with van der Waals surface area (Å²) in [5.41, 5.74) is 14.6. The minimum atomic E-state index is -0.637. The Bertz CT molecular complexity index is 727. The summed E-state index contributed by atoms with van der Waals surface area (Å²) in [4.78, 5) is 11.6. The van der Waals surface area contributed by atoms with E-state index < -0.39 is 5.91 Å². The first kappa shape index (κ1) is 15.2. The Morgan fingerprint density at radius 3 is 2.33 bits per heavy atom. The number of hydrogen-bond acceptors (Lipinski definition) is 3. The van der Waals surface area contributed by atoms with Crippen molar-refractivity contribution in [3.8, 4) is 11.5 Å². The SMILES string of the molecule is Cc1ccc(C)c(Oc2c(Cl)cc(N)cc2C(N)=O)c1C. The van der Waals surface area contributed by atoms with Gasteiger partial charge in [0.2, 0.25) is 0 Å². The second kappa shape index (κ2) is 5.66. The Morgan fingerprint density at radius 2 is 1.71 bits per heavy atom. The molecule has 0 aromatic heterocycles. The van der Waals surface area contributed by atoms with E-state index in [-0.39, 0.29) is 16.3 Å². The van der Waals surface area contributed by atoms with Crippen LogP contribution in [0.1, 0.15) is 27.0 Å². The molecule has 21 heavy (non-hydrogen) atoms. The highest BCUT2D eigenvalue weighted by Gasteiger charge is 2.18. The number of rotatable bonds is 3. The predicted octanol–water partition coefficient (Wildman–Crippen LogP) is 3.74. The number of benzene rings is 2. The van der Waals surface area contributed by atoms with Gasteiger partial charge < -0.3 is 16.2 Å². The molecule has 0 saturated carbocycles. The van der Waals surface area contributed by atoms with Gasteiger partial charge in [0.25, 0.3) is 5.91 Å². The van der Waals surface area contributed by atoms with E-state index in [1.807, 2.05) is 32.9 Å². The van der Waals surface area contributed by atoms with E-state index in [0.29, 0.717) is 11.4 Å². The van der Waals surface area contributed by atoms with Crippen LogP contribution in [0.3, 0.4) is 0 Å². The first-order valence-electron chi connectivity index (χ1n) is 6.44. The van der Waals surface area contributed by atoms with Crippen molar-refractivity contribution in [2.75, 3.05) is 5.73 Å². The van der Waals surface area contributed by atoms with Crippen LogP contribution in [0.15, 0.2) is 24.3 Å². The number of ether oxygens (including phenoxy) is 1. The molecule has 0 aliphatic heterocycles. The van der Waals surface area contributed by atoms with Gasteiger partial charge in [-0.15, -0.1) is 0 Å². The van der Waals surface area contributed by atoms with Gasteiger partial charge in [0.1, 0.15) is 5.75 Å². The van der Waals surface area contributed by atoms with Gasteiger partial charge in [-0.3, -0.25) is 4.79 Å². The molecule has 1 amide bonds. The monoisotopic (exact) mass is 304 g/mol. The van der Waals surface area contributed by atoms with E-state index in [0.717, 1.165) is 16.7 Å². The number of halogens is 1. The van der Waals surface area contributed by atoms with E-state index in [4.69, 9.17) is 27.8 Å². The molecular formula is C16H17ClN2O2. The predicted molar refractivity (Wildman–Crippen MR) is 85.1 cm³/mol. The fourth-order valence-corrected chi connectivity index (χ4v) is 2.35. The maximum atomic E-state index is 11.6. The van der Waals surface area contributed by atoms with Crippen LogP contribution in [0.25, 0.3) is 0 Å². The lowest BCUT2D eigenvalue weighted by molar-refractivity contribution is 0.0998. The zero-order chi connectivity index (χ0) is 15.7. The maximum Gasteiger partial charge on any atom is 0.252 e. The van der Waals surface area contributed by atoms with E-state index in [2.05, 4.69) is 0 Å². The summed E-state index contributed by atoms with van der Waals surface area (Å²) < 4.78 is 5.91. The summed E-state index contributed by atoms with van der Waals surface area (Å²) in [5.74, 6) is 0.265. The Balaban J connectivity index is 2.60. The normalized spacial score (nSPS) is 10.5. The zero-order valence-corrected chi connectivity index (χ0v) is 12.9. The van der Waals surface area contributed by atoms with Gasteiger partial charge in [0.05, 0.1) is 10.6 Å². The molecule has 2 aromatic carbocycles. The topological polar surface area (TPSA) is 78.3 Å². The van der Waals surface area contributed by atoms with Crippen LogP contribution in [0, 0.1) is 20.8 Å². The molecule has 110 valence electrons. The second-order valence-corrected chi connectivity index (χ2v) is 5.41. The van der Waals surface area contributed by atoms with Gasteiger partial charge in [-0.1, -0.05) is 23.7 Å². The van der Waals surface area contributed by atoms with Crippen LogP contribution in [0.2, 0.25) is 5.02 Å². The number of aryl methyl sites for hydroxylation is 2. The van der Waals surface area contributed by atoms with Gasteiger partial charge in [0, 0.05) is 5.69 Å². The highest BCUT2D eigenvalue weighted by atomic mass is 35.5. The summed E-state index contributed by atoms with van der Waals surface area (Å²) in [7, 11) is 0. The number of nitrogens with two attached hydrogens (primary N) is 2. The van der Waals surface area contributed by atoms with Crippen LogP contribution < -0.4 is 16.2 Å². The van der Waals surface area contributed by atoms with Crippen molar-refractivity contribution in [2.45, 2.75) is 20.8 Å². The highest BCUT2D eigenvalue weighted by molar-refractivity contribution is 6.33. The van der Waals surface area contributed by atoms with Crippen LogP contribution in [0.4, 0.5) is 5.69 Å². The third-order valence-corrected chi connectivity index (χ3v) is 3.69. The molecular weight excluding hydrogens is 288 g/mol. The van der Waals surface area contributed by atoms with Crippen LogP contribution in [-0.4, -0.2) is 5.91 Å². The molecule has 0 aliphatic carbocycles. The molecule has 4 N–H and O–H groups in total. The van der Waals surface area contributed by atoms with Gasteiger partial charge in [-0.2, -0.15) is 0 Å². The molecule has 0 atom stereocenters. The van der Waals surface area contributed by atoms with E-state index >= 15 is 0 Å². The first-order chi connectivity index (χ1) is 9.81. The summed E-state index contributed by atoms with van der Waals surface area (Å²) in [5, 5.41) is 0.254. The lowest BCUT2D eigenvalue weighted by Gasteiger charge is -2.16. The van der Waals surface area contributed by atoms with Crippen molar-refractivity contribution in [2.24, 2.45) is 5.73 Å². The van der Waals surface area contributed by atoms with Gasteiger partial charge in [-0.05, 0) is 49.6 Å². The smallest absolute Gasteiger partial charge is 0.252 e. The molecule has 0 fully saturated rings. The van der Waals surface area contributed by atoms with E-state index in [1.54, 1.807) is 0 Å². The molecule has 0 unspecified atom stereocenters. The average Bonchev–Trinajstić information content (AvgIpc) is 2.40. The van der Waals surface area contributed by atoms with Gasteiger partial charge in [-0.25, -0.2) is 0 Å². The summed E-state index contributed by atoms with van der Waals surface area (Å²) in [6.07, 6.45) is 0. The van der Waals surface area contributed by atoms with Gasteiger partial charge in [0.15, 0.2) is 5.75 Å². The van der Waals surface area contributed by atoms with Gasteiger partial charge >= 0.3 is 0 Å². The van der Waals surface area contributed by atoms with Crippen molar-refractivity contribution in [1.29, 1.82) is 0 Å². The average molecular weight is 305 g/mol. The molecule has 0 heterocycles. The molecule has 2 rings (SSSR count). The minimum absolute atomic E-state index is 0.167. The molecule has 5 heteroatoms. The fraction of sp³-hybridized carbons (Fsp3) is 0.188. The number of carbonyl (C=O) groups is 1. The van der Waals surface area contributed by atoms with Crippen molar-refractivity contribution >= 4 is 23.2 Å². The molecule has 2 aromatic rings. The number of anilines is 1. The molecule has 0 saturated heterocycles. The summed E-state index contributed by atoms with van der Waals surface area (Å²) in [6.45, 7) is 5.87. The lowest BCUT2D eigenvalue weighted by atomic mass is 10.1. The first-order valence-corrected chi connectivity index (χ1v) is 6.82. The zero-order valence-electron chi connectivity index (χ0n) is 12.2. The Kier molecular flexibility index (Phi) is 4.09.